The van der Waals surface area contributed by atoms with Crippen molar-refractivity contribution in [2.45, 2.75) is 0 Å². The standard InChI is InChI=1S/C6H3ClN4O/c7-6(12)4-1-2-5-8-9-10-11(5)3-4/h1-3H. The monoisotopic (exact) mass is 182 g/mol. The van der Waals surface area contributed by atoms with Crippen LogP contribution in [-0.2, 0) is 0 Å². The Morgan fingerprint density at radius 2 is 2.33 bits per heavy atom. The van der Waals surface area contributed by atoms with Gasteiger partial charge in [0.1, 0.15) is 0 Å². The van der Waals surface area contributed by atoms with Crippen LogP contribution in [0.1, 0.15) is 10.4 Å². The molecule has 0 aromatic carbocycles. The SMILES string of the molecule is O=C(Cl)c1ccc2nnnn2c1. The van der Waals surface area contributed by atoms with Crippen LogP contribution in [0.2, 0.25) is 0 Å². The van der Waals surface area contributed by atoms with E-state index in [2.05, 4.69) is 15.5 Å². The summed E-state index contributed by atoms with van der Waals surface area (Å²) in [5.74, 6) is 0. The first-order valence-corrected chi connectivity index (χ1v) is 3.53. The summed E-state index contributed by atoms with van der Waals surface area (Å²) < 4.78 is 1.38. The van der Waals surface area contributed by atoms with E-state index in [1.165, 1.54) is 10.7 Å². The van der Waals surface area contributed by atoms with Crippen molar-refractivity contribution in [2.75, 3.05) is 0 Å². The molecular weight excluding hydrogens is 180 g/mol. The minimum atomic E-state index is -0.521. The first-order chi connectivity index (χ1) is 5.77. The molecule has 0 N–H and O–H groups in total. The number of carbonyl (C=O) groups excluding carboxylic acids is 1. The minimum absolute atomic E-state index is 0.372. The topological polar surface area (TPSA) is 60.2 Å². The van der Waals surface area contributed by atoms with Gasteiger partial charge in [0.2, 0.25) is 0 Å². The number of nitrogens with zero attached hydrogens (tertiary/aromatic N) is 4. The minimum Gasteiger partial charge on any atom is -0.276 e. The Morgan fingerprint density at radius 3 is 3.08 bits per heavy atom. The number of pyridine rings is 1. The molecular formula is C6H3ClN4O. The highest BCUT2D eigenvalue weighted by molar-refractivity contribution is 6.67. The largest absolute Gasteiger partial charge is 0.276 e. The molecule has 0 aliphatic rings. The highest BCUT2D eigenvalue weighted by atomic mass is 35.5. The number of tetrazole rings is 1. The molecule has 0 unspecified atom stereocenters. The summed E-state index contributed by atoms with van der Waals surface area (Å²) in [7, 11) is 0. The zero-order valence-corrected chi connectivity index (χ0v) is 6.56. The fraction of sp³-hybridized carbons (Fsp3) is 0. The number of carbonyl (C=O) groups is 1. The molecule has 6 heteroatoms. The van der Waals surface area contributed by atoms with Crippen LogP contribution in [-0.4, -0.2) is 25.3 Å². The molecule has 0 spiro atoms. The van der Waals surface area contributed by atoms with Crippen LogP contribution in [0.5, 0.6) is 0 Å². The second-order valence-corrected chi connectivity index (χ2v) is 2.52. The van der Waals surface area contributed by atoms with Crippen LogP contribution in [0.15, 0.2) is 18.3 Å². The molecule has 2 aromatic heterocycles. The van der Waals surface area contributed by atoms with E-state index in [4.69, 9.17) is 11.6 Å². The molecule has 0 fully saturated rings. The highest BCUT2D eigenvalue weighted by Gasteiger charge is 2.03. The molecule has 0 bridgehead atoms. The Bertz CT molecular complexity index is 438. The Labute approximate surface area is 71.9 Å². The molecule has 0 saturated carbocycles. The molecule has 60 valence electrons. The van der Waals surface area contributed by atoms with E-state index in [0.29, 0.717) is 11.2 Å². The Morgan fingerprint density at radius 1 is 1.50 bits per heavy atom. The van der Waals surface area contributed by atoms with Gasteiger partial charge in [-0.3, -0.25) is 4.79 Å². The van der Waals surface area contributed by atoms with Gasteiger partial charge in [-0.1, -0.05) is 0 Å². The molecule has 12 heavy (non-hydrogen) atoms. The number of halogens is 1. The summed E-state index contributed by atoms with van der Waals surface area (Å²) in [6, 6.07) is 3.19. The lowest BCUT2D eigenvalue weighted by molar-refractivity contribution is 0.108. The van der Waals surface area contributed by atoms with E-state index in [1.54, 1.807) is 12.1 Å². The molecule has 0 radical (unpaired) electrons. The van der Waals surface area contributed by atoms with Gasteiger partial charge in [-0.15, -0.1) is 5.10 Å². The molecule has 0 aliphatic carbocycles. The number of aromatic nitrogens is 4. The molecule has 2 aromatic rings. The van der Waals surface area contributed by atoms with Gasteiger partial charge >= 0.3 is 0 Å². The predicted molar refractivity (Wildman–Crippen MR) is 41.0 cm³/mol. The molecule has 2 rings (SSSR count). The third-order valence-electron chi connectivity index (χ3n) is 1.42. The molecule has 0 saturated heterocycles. The van der Waals surface area contributed by atoms with E-state index < -0.39 is 5.24 Å². The van der Waals surface area contributed by atoms with Crippen LogP contribution in [0.4, 0.5) is 0 Å². The van der Waals surface area contributed by atoms with Gasteiger partial charge < -0.3 is 0 Å². The number of fused-ring (bicyclic) bond motifs is 1. The van der Waals surface area contributed by atoms with Crippen LogP contribution in [0.3, 0.4) is 0 Å². The fourth-order valence-corrected chi connectivity index (χ4v) is 0.969. The lowest BCUT2D eigenvalue weighted by atomic mass is 10.3. The zero-order valence-electron chi connectivity index (χ0n) is 5.81. The highest BCUT2D eigenvalue weighted by Crippen LogP contribution is 2.04. The van der Waals surface area contributed by atoms with E-state index >= 15 is 0 Å². The zero-order chi connectivity index (χ0) is 8.55. The third-order valence-corrected chi connectivity index (χ3v) is 1.64. The maximum Gasteiger partial charge on any atom is 0.253 e. The normalized spacial score (nSPS) is 10.4. The van der Waals surface area contributed by atoms with Crippen molar-refractivity contribution in [1.82, 2.24) is 20.0 Å². The van der Waals surface area contributed by atoms with Gasteiger partial charge in [0.25, 0.3) is 5.24 Å². The quantitative estimate of drug-likeness (QED) is 0.603. The van der Waals surface area contributed by atoms with E-state index in [0.717, 1.165) is 0 Å². The van der Waals surface area contributed by atoms with Gasteiger partial charge in [-0.25, -0.2) is 0 Å². The number of rotatable bonds is 1. The predicted octanol–water partition coefficient (Wildman–Crippen LogP) is 0.503. The first kappa shape index (κ1) is 7.17. The summed E-state index contributed by atoms with van der Waals surface area (Å²) in [6.07, 6.45) is 1.48. The van der Waals surface area contributed by atoms with Crippen molar-refractivity contribution in [2.24, 2.45) is 0 Å². The maximum atomic E-state index is 10.7. The molecule has 0 atom stereocenters. The summed E-state index contributed by atoms with van der Waals surface area (Å²) >= 11 is 5.25. The third kappa shape index (κ3) is 1.04. The Kier molecular flexibility index (Phi) is 1.51. The van der Waals surface area contributed by atoms with Crippen molar-refractivity contribution in [3.63, 3.8) is 0 Å². The maximum absolute atomic E-state index is 10.7. The first-order valence-electron chi connectivity index (χ1n) is 3.15. The average Bonchev–Trinajstić information content (AvgIpc) is 2.49. The van der Waals surface area contributed by atoms with Crippen molar-refractivity contribution in [3.8, 4) is 0 Å². The van der Waals surface area contributed by atoms with Crippen molar-refractivity contribution in [3.05, 3.63) is 23.9 Å². The number of hydrogen-bond acceptors (Lipinski definition) is 4. The second-order valence-electron chi connectivity index (χ2n) is 2.17. The molecule has 0 amide bonds. The van der Waals surface area contributed by atoms with E-state index in [-0.39, 0.29) is 0 Å². The van der Waals surface area contributed by atoms with Crippen LogP contribution < -0.4 is 0 Å². The molecule has 5 nitrogen and oxygen atoms in total. The fourth-order valence-electron chi connectivity index (χ4n) is 0.858. The van der Waals surface area contributed by atoms with E-state index in [1.807, 2.05) is 0 Å². The Balaban J connectivity index is 2.68. The molecule has 0 aliphatic heterocycles. The summed E-state index contributed by atoms with van der Waals surface area (Å²) in [6.45, 7) is 0. The number of hydrogen-bond donors (Lipinski definition) is 0. The lowest BCUT2D eigenvalue weighted by Crippen LogP contribution is -1.94. The van der Waals surface area contributed by atoms with Crippen molar-refractivity contribution >= 4 is 22.5 Å². The van der Waals surface area contributed by atoms with Gasteiger partial charge in [-0.05, 0) is 34.2 Å². The van der Waals surface area contributed by atoms with Gasteiger partial charge in [0.05, 0.1) is 5.56 Å². The van der Waals surface area contributed by atoms with Gasteiger partial charge in [-0.2, -0.15) is 4.52 Å². The van der Waals surface area contributed by atoms with Gasteiger partial charge in [0.15, 0.2) is 5.65 Å². The van der Waals surface area contributed by atoms with Gasteiger partial charge in [0, 0.05) is 6.20 Å². The van der Waals surface area contributed by atoms with Crippen molar-refractivity contribution < 1.29 is 4.79 Å². The summed E-state index contributed by atoms with van der Waals surface area (Å²) in [5, 5.41) is 10.2. The summed E-state index contributed by atoms with van der Waals surface area (Å²) in [5.41, 5.74) is 0.952. The summed E-state index contributed by atoms with van der Waals surface area (Å²) in [4.78, 5) is 10.7. The Hall–Kier alpha value is -1.49. The smallest absolute Gasteiger partial charge is 0.253 e. The van der Waals surface area contributed by atoms with Crippen LogP contribution in [0, 0.1) is 0 Å². The molecule has 2 heterocycles. The van der Waals surface area contributed by atoms with E-state index in [9.17, 15) is 4.79 Å². The van der Waals surface area contributed by atoms with Crippen molar-refractivity contribution in [1.29, 1.82) is 0 Å². The second kappa shape index (κ2) is 2.53. The lowest BCUT2D eigenvalue weighted by Gasteiger charge is -1.92. The average molecular weight is 183 g/mol. The van der Waals surface area contributed by atoms with Crippen LogP contribution >= 0.6 is 11.6 Å². The van der Waals surface area contributed by atoms with Crippen LogP contribution in [0.25, 0.3) is 5.65 Å².